The van der Waals surface area contributed by atoms with Gasteiger partial charge in [0.25, 0.3) is 0 Å². The molecule has 150 valence electrons. The molecule has 0 amide bonds. The van der Waals surface area contributed by atoms with Gasteiger partial charge in [-0.1, -0.05) is 0 Å². The van der Waals surface area contributed by atoms with Crippen molar-refractivity contribution in [3.8, 4) is 11.5 Å². The zero-order valence-electron chi connectivity index (χ0n) is 16.9. The number of halogens is 1. The van der Waals surface area contributed by atoms with Crippen molar-refractivity contribution in [1.82, 2.24) is 20.4 Å². The van der Waals surface area contributed by atoms with Crippen molar-refractivity contribution in [2.24, 2.45) is 12.0 Å². The molecule has 1 aromatic carbocycles. The van der Waals surface area contributed by atoms with Crippen LogP contribution in [0.25, 0.3) is 0 Å². The minimum atomic E-state index is 0. The molecule has 7 nitrogen and oxygen atoms in total. The fourth-order valence-corrected chi connectivity index (χ4v) is 2.88. The first-order chi connectivity index (χ1) is 12.5. The molecule has 0 atom stereocenters. The van der Waals surface area contributed by atoms with Crippen molar-refractivity contribution in [2.75, 3.05) is 27.8 Å². The molecule has 0 saturated carbocycles. The molecule has 0 aliphatic rings. The summed E-state index contributed by atoms with van der Waals surface area (Å²) in [5, 5.41) is 11.1. The highest BCUT2D eigenvalue weighted by atomic mass is 127. The van der Waals surface area contributed by atoms with Gasteiger partial charge in [-0.25, -0.2) is 0 Å². The summed E-state index contributed by atoms with van der Waals surface area (Å²) in [6.45, 7) is 5.54. The third-order valence-electron chi connectivity index (χ3n) is 4.49. The molecule has 8 heteroatoms. The quantitative estimate of drug-likeness (QED) is 0.357. The molecule has 1 aromatic heterocycles. The van der Waals surface area contributed by atoms with Crippen LogP contribution in [0.4, 0.5) is 0 Å². The van der Waals surface area contributed by atoms with Gasteiger partial charge in [0.05, 0.1) is 19.9 Å². The van der Waals surface area contributed by atoms with E-state index in [0.29, 0.717) is 6.54 Å². The van der Waals surface area contributed by atoms with E-state index in [2.05, 4.69) is 27.6 Å². The largest absolute Gasteiger partial charge is 0.497 e. The lowest BCUT2D eigenvalue weighted by Crippen LogP contribution is -2.38. The number of aromatic nitrogens is 2. The number of methoxy groups -OCH3 is 2. The number of aryl methyl sites for hydroxylation is 2. The Morgan fingerprint density at radius 1 is 1.19 bits per heavy atom. The van der Waals surface area contributed by atoms with Gasteiger partial charge in [0, 0.05) is 44.5 Å². The summed E-state index contributed by atoms with van der Waals surface area (Å²) in [5.41, 5.74) is 4.61. The topological polar surface area (TPSA) is 72.7 Å². The fourth-order valence-electron chi connectivity index (χ4n) is 2.88. The lowest BCUT2D eigenvalue weighted by atomic mass is 10.1. The number of hydrogen-bond acceptors (Lipinski definition) is 4. The fraction of sp³-hybridized carbons (Fsp3) is 0.474. The molecule has 0 saturated heterocycles. The Morgan fingerprint density at radius 3 is 2.48 bits per heavy atom. The molecular weight excluding hydrogens is 457 g/mol. The highest BCUT2D eigenvalue weighted by molar-refractivity contribution is 14.0. The average molecular weight is 487 g/mol. The van der Waals surface area contributed by atoms with Gasteiger partial charge in [-0.3, -0.25) is 9.67 Å². The third-order valence-corrected chi connectivity index (χ3v) is 4.49. The molecule has 2 rings (SSSR count). The number of hydrogen-bond donors (Lipinski definition) is 2. The number of nitrogens with zero attached hydrogens (tertiary/aromatic N) is 3. The van der Waals surface area contributed by atoms with Gasteiger partial charge in [-0.15, -0.1) is 24.0 Å². The number of benzene rings is 1. The second-order valence-electron chi connectivity index (χ2n) is 6.05. The summed E-state index contributed by atoms with van der Waals surface area (Å²) in [7, 11) is 7.04. The van der Waals surface area contributed by atoms with E-state index in [4.69, 9.17) is 9.47 Å². The minimum Gasteiger partial charge on any atom is -0.497 e. The van der Waals surface area contributed by atoms with Crippen LogP contribution in [0.1, 0.15) is 22.5 Å². The Morgan fingerprint density at radius 2 is 1.93 bits per heavy atom. The monoisotopic (exact) mass is 487 g/mol. The van der Waals surface area contributed by atoms with Gasteiger partial charge in [-0.05, 0) is 38.0 Å². The van der Waals surface area contributed by atoms with E-state index >= 15 is 0 Å². The maximum atomic E-state index is 5.43. The molecule has 0 radical (unpaired) electrons. The van der Waals surface area contributed by atoms with Crippen molar-refractivity contribution >= 4 is 29.9 Å². The normalized spacial score (nSPS) is 11.0. The van der Waals surface area contributed by atoms with Crippen LogP contribution in [0.3, 0.4) is 0 Å². The van der Waals surface area contributed by atoms with E-state index in [1.807, 2.05) is 36.9 Å². The zero-order chi connectivity index (χ0) is 19.1. The molecule has 27 heavy (non-hydrogen) atoms. The second-order valence-corrected chi connectivity index (χ2v) is 6.05. The Bertz CT molecular complexity index is 774. The van der Waals surface area contributed by atoms with Crippen molar-refractivity contribution < 1.29 is 9.47 Å². The molecular formula is C19H30IN5O2. The van der Waals surface area contributed by atoms with Crippen LogP contribution in [-0.2, 0) is 20.0 Å². The number of guanidine groups is 1. The molecule has 0 unspecified atom stereocenters. The maximum absolute atomic E-state index is 5.43. The molecule has 1 heterocycles. The summed E-state index contributed by atoms with van der Waals surface area (Å²) >= 11 is 0. The Hall–Kier alpha value is -1.97. The van der Waals surface area contributed by atoms with Gasteiger partial charge >= 0.3 is 0 Å². The van der Waals surface area contributed by atoms with E-state index in [9.17, 15) is 0 Å². The molecule has 0 bridgehead atoms. The van der Waals surface area contributed by atoms with Gasteiger partial charge in [0.2, 0.25) is 0 Å². The van der Waals surface area contributed by atoms with Crippen LogP contribution < -0.4 is 20.1 Å². The summed E-state index contributed by atoms with van der Waals surface area (Å²) in [6.07, 6.45) is 0.901. The molecule has 0 fully saturated rings. The Balaban J connectivity index is 0.00000364. The van der Waals surface area contributed by atoms with Gasteiger partial charge in [0.1, 0.15) is 11.5 Å². The van der Waals surface area contributed by atoms with E-state index in [-0.39, 0.29) is 24.0 Å². The molecule has 0 aliphatic carbocycles. The predicted molar refractivity (Wildman–Crippen MR) is 120 cm³/mol. The molecule has 0 aliphatic heterocycles. The molecule has 0 spiro atoms. The van der Waals surface area contributed by atoms with Crippen LogP contribution in [0.2, 0.25) is 0 Å². The van der Waals surface area contributed by atoms with Crippen LogP contribution in [0.5, 0.6) is 11.5 Å². The van der Waals surface area contributed by atoms with Crippen molar-refractivity contribution in [1.29, 1.82) is 0 Å². The first-order valence-corrected chi connectivity index (χ1v) is 8.64. The SMILES string of the molecule is CN=C(NCCc1c(C)nn(C)c1C)NCc1ccc(OC)cc1OC.I. The smallest absolute Gasteiger partial charge is 0.191 e. The lowest BCUT2D eigenvalue weighted by molar-refractivity contribution is 0.390. The maximum Gasteiger partial charge on any atom is 0.191 e. The van der Waals surface area contributed by atoms with E-state index in [1.54, 1.807) is 21.3 Å². The van der Waals surface area contributed by atoms with E-state index < -0.39 is 0 Å². The Kier molecular flexibility index (Phi) is 9.40. The lowest BCUT2D eigenvalue weighted by Gasteiger charge is -2.14. The minimum absolute atomic E-state index is 0. The second kappa shape index (κ2) is 11.0. The van der Waals surface area contributed by atoms with E-state index in [1.165, 1.54) is 11.3 Å². The van der Waals surface area contributed by atoms with Gasteiger partial charge in [0.15, 0.2) is 5.96 Å². The van der Waals surface area contributed by atoms with Crippen molar-refractivity contribution in [3.05, 3.63) is 40.7 Å². The zero-order valence-corrected chi connectivity index (χ0v) is 19.3. The van der Waals surface area contributed by atoms with Crippen LogP contribution in [0.15, 0.2) is 23.2 Å². The van der Waals surface area contributed by atoms with Gasteiger partial charge < -0.3 is 20.1 Å². The molecule has 2 N–H and O–H groups in total. The van der Waals surface area contributed by atoms with Crippen molar-refractivity contribution in [2.45, 2.75) is 26.8 Å². The standard InChI is InChI=1S/C19H29N5O2.HI/c1-13-17(14(2)24(4)23-13)9-10-21-19(20-3)22-12-15-7-8-16(25-5)11-18(15)26-6;/h7-8,11H,9-10,12H2,1-6H3,(H2,20,21,22);1H. The number of aliphatic imine (C=N–C) groups is 1. The van der Waals surface area contributed by atoms with Crippen LogP contribution in [0, 0.1) is 13.8 Å². The van der Waals surface area contributed by atoms with Crippen LogP contribution in [-0.4, -0.2) is 43.6 Å². The summed E-state index contributed by atoms with van der Waals surface area (Å²) < 4.78 is 12.6. The summed E-state index contributed by atoms with van der Waals surface area (Å²) in [6, 6.07) is 5.78. The van der Waals surface area contributed by atoms with Crippen LogP contribution >= 0.6 is 24.0 Å². The Labute approximate surface area is 178 Å². The predicted octanol–water partition coefficient (Wildman–Crippen LogP) is 2.58. The third kappa shape index (κ3) is 6.02. The first-order valence-electron chi connectivity index (χ1n) is 8.64. The number of rotatable bonds is 7. The number of nitrogens with one attached hydrogen (secondary N) is 2. The van der Waals surface area contributed by atoms with Gasteiger partial charge in [-0.2, -0.15) is 5.10 Å². The van der Waals surface area contributed by atoms with Crippen molar-refractivity contribution in [3.63, 3.8) is 0 Å². The highest BCUT2D eigenvalue weighted by Crippen LogP contribution is 2.24. The highest BCUT2D eigenvalue weighted by Gasteiger charge is 2.10. The first kappa shape index (κ1) is 23.1. The molecule has 2 aromatic rings. The van der Waals surface area contributed by atoms with E-state index in [0.717, 1.165) is 41.7 Å². The summed E-state index contributed by atoms with van der Waals surface area (Å²) in [5.74, 6) is 2.31. The number of ether oxygens (including phenoxy) is 2. The summed E-state index contributed by atoms with van der Waals surface area (Å²) in [4.78, 5) is 4.28. The average Bonchev–Trinajstić information content (AvgIpc) is 2.90.